The molecule has 1 unspecified atom stereocenters. The lowest BCUT2D eigenvalue weighted by Crippen LogP contribution is -2.49. The average molecular weight is 454 g/mol. The Balaban J connectivity index is 1.60. The number of esters is 2. The van der Waals surface area contributed by atoms with E-state index in [1.807, 2.05) is 6.07 Å². The normalized spacial score (nSPS) is 21.5. The summed E-state index contributed by atoms with van der Waals surface area (Å²) < 4.78 is 17.7. The van der Waals surface area contributed by atoms with E-state index in [2.05, 4.69) is 5.10 Å². The van der Waals surface area contributed by atoms with Gasteiger partial charge in [0.15, 0.2) is 6.29 Å². The molecular weight excluding hydrogens is 428 g/mol. The Morgan fingerprint density at radius 1 is 1.27 bits per heavy atom. The minimum Gasteiger partial charge on any atom is -0.493 e. The highest BCUT2D eigenvalue weighted by atomic mass is 16.8. The number of hydrogen-bond acceptors (Lipinski definition) is 8. The third kappa shape index (κ3) is 4.84. The molecule has 2 aliphatic rings. The molecule has 174 valence electrons. The van der Waals surface area contributed by atoms with Gasteiger partial charge in [-0.15, -0.1) is 5.10 Å². The molecule has 1 atom stereocenters. The highest BCUT2D eigenvalue weighted by molar-refractivity contribution is 5.90. The van der Waals surface area contributed by atoms with Gasteiger partial charge in [-0.2, -0.15) is 4.68 Å². The summed E-state index contributed by atoms with van der Waals surface area (Å²) >= 11 is 0. The van der Waals surface area contributed by atoms with Crippen molar-refractivity contribution < 1.29 is 34.0 Å². The molecule has 1 aliphatic carbocycles. The number of allylic oxidation sites excluding steroid dienone is 2. The number of carbonyl (C=O) groups excluding carboxylic acids is 2. The number of rotatable bonds is 5. The van der Waals surface area contributed by atoms with Crippen LogP contribution >= 0.6 is 0 Å². The first kappa shape index (κ1) is 22.8. The number of aromatic hydroxyl groups is 1. The SMILES string of the molecule is CCC(=O)Oc1nn(-c2ccccc2)c(O)c1/C=C/C=C1/C(=O)OC2(CCCCC2)OC1O. The number of aliphatic hydroxyl groups is 1. The van der Waals surface area contributed by atoms with E-state index in [1.54, 1.807) is 31.2 Å². The summed E-state index contributed by atoms with van der Waals surface area (Å²) in [5.41, 5.74) is 0.643. The van der Waals surface area contributed by atoms with Crippen molar-refractivity contribution in [1.82, 2.24) is 9.78 Å². The predicted molar refractivity (Wildman–Crippen MR) is 117 cm³/mol. The van der Waals surface area contributed by atoms with Gasteiger partial charge in [-0.25, -0.2) is 4.79 Å². The fraction of sp³-hybridized carbons (Fsp3) is 0.375. The smallest absolute Gasteiger partial charge is 0.341 e. The van der Waals surface area contributed by atoms with Crippen LogP contribution in [0.4, 0.5) is 0 Å². The molecule has 1 spiro atoms. The Labute approximate surface area is 190 Å². The number of para-hydroxylation sites is 1. The summed E-state index contributed by atoms with van der Waals surface area (Å²) in [5.74, 6) is -2.56. The molecule has 0 bridgehead atoms. The lowest BCUT2D eigenvalue weighted by atomic mass is 9.93. The second-order valence-electron chi connectivity index (χ2n) is 7.93. The van der Waals surface area contributed by atoms with Crippen LogP contribution in [0.3, 0.4) is 0 Å². The molecule has 2 aromatic rings. The second-order valence-corrected chi connectivity index (χ2v) is 7.93. The first-order valence-corrected chi connectivity index (χ1v) is 11.0. The van der Waals surface area contributed by atoms with Crippen LogP contribution in [-0.2, 0) is 19.1 Å². The minimum atomic E-state index is -1.42. The Morgan fingerprint density at radius 2 is 2.00 bits per heavy atom. The third-order valence-corrected chi connectivity index (χ3v) is 5.62. The molecule has 9 heteroatoms. The third-order valence-electron chi connectivity index (χ3n) is 5.62. The van der Waals surface area contributed by atoms with Crippen LogP contribution in [0.5, 0.6) is 11.8 Å². The molecule has 1 saturated carbocycles. The Bertz CT molecular complexity index is 1080. The van der Waals surface area contributed by atoms with E-state index >= 15 is 0 Å². The molecule has 2 fully saturated rings. The van der Waals surface area contributed by atoms with Gasteiger partial charge in [-0.05, 0) is 37.1 Å². The van der Waals surface area contributed by atoms with Gasteiger partial charge < -0.3 is 24.4 Å². The predicted octanol–water partition coefficient (Wildman–Crippen LogP) is 3.39. The highest BCUT2D eigenvalue weighted by Gasteiger charge is 2.45. The van der Waals surface area contributed by atoms with Gasteiger partial charge in [0.1, 0.15) is 5.56 Å². The van der Waals surface area contributed by atoms with Crippen molar-refractivity contribution in [1.29, 1.82) is 0 Å². The van der Waals surface area contributed by atoms with Crippen LogP contribution < -0.4 is 4.74 Å². The molecule has 33 heavy (non-hydrogen) atoms. The first-order valence-electron chi connectivity index (χ1n) is 11.0. The van der Waals surface area contributed by atoms with E-state index in [4.69, 9.17) is 14.2 Å². The summed E-state index contributed by atoms with van der Waals surface area (Å²) in [4.78, 5) is 24.4. The molecule has 1 saturated heterocycles. The van der Waals surface area contributed by atoms with Crippen LogP contribution in [-0.4, -0.2) is 44.0 Å². The maximum atomic E-state index is 12.5. The van der Waals surface area contributed by atoms with Crippen LogP contribution in [0.25, 0.3) is 11.8 Å². The van der Waals surface area contributed by atoms with Crippen molar-refractivity contribution in [2.45, 2.75) is 57.5 Å². The standard InChI is InChI=1S/C24H26N2O7/c1-2-19(27)31-20-17(21(28)26(25-20)16-10-5-3-6-11-16)12-9-13-18-22(29)32-24(33-23(18)30)14-7-4-8-15-24/h3,5-6,9-13,22,28-29H,2,4,7-8,14-15H2,1H3/b12-9+,18-13+. The maximum Gasteiger partial charge on any atom is 0.341 e. The van der Waals surface area contributed by atoms with Crippen LogP contribution in [0.2, 0.25) is 0 Å². The average Bonchev–Trinajstić information content (AvgIpc) is 3.11. The number of aromatic nitrogens is 2. The number of nitrogens with zero attached hydrogens (tertiary/aromatic N) is 2. The number of benzene rings is 1. The van der Waals surface area contributed by atoms with Gasteiger partial charge in [0, 0.05) is 19.3 Å². The zero-order chi connectivity index (χ0) is 23.4. The largest absolute Gasteiger partial charge is 0.493 e. The molecule has 9 nitrogen and oxygen atoms in total. The van der Waals surface area contributed by atoms with E-state index in [9.17, 15) is 19.8 Å². The van der Waals surface area contributed by atoms with Crippen molar-refractivity contribution in [3.8, 4) is 17.4 Å². The zero-order valence-electron chi connectivity index (χ0n) is 18.3. The van der Waals surface area contributed by atoms with Crippen molar-refractivity contribution >= 4 is 18.0 Å². The first-order chi connectivity index (χ1) is 15.9. The van der Waals surface area contributed by atoms with E-state index in [0.29, 0.717) is 18.5 Å². The Kier molecular flexibility index (Phi) is 6.62. The summed E-state index contributed by atoms with van der Waals surface area (Å²) in [7, 11) is 0. The summed E-state index contributed by atoms with van der Waals surface area (Å²) in [6.45, 7) is 1.64. The van der Waals surface area contributed by atoms with Crippen LogP contribution in [0.1, 0.15) is 51.0 Å². The summed E-state index contributed by atoms with van der Waals surface area (Å²) in [5, 5.41) is 25.3. The van der Waals surface area contributed by atoms with E-state index in [1.165, 1.54) is 22.9 Å². The molecule has 1 aromatic carbocycles. The van der Waals surface area contributed by atoms with E-state index in [0.717, 1.165) is 19.3 Å². The quantitative estimate of drug-likeness (QED) is 0.521. The minimum absolute atomic E-state index is 0.0653. The number of carbonyl (C=O) groups is 2. The number of aliphatic hydroxyl groups excluding tert-OH is 1. The van der Waals surface area contributed by atoms with Gasteiger partial charge in [0.05, 0.1) is 11.3 Å². The van der Waals surface area contributed by atoms with Gasteiger partial charge in [0.25, 0.3) is 5.88 Å². The fourth-order valence-corrected chi connectivity index (χ4v) is 3.88. The van der Waals surface area contributed by atoms with Crippen molar-refractivity contribution in [3.05, 3.63) is 53.6 Å². The van der Waals surface area contributed by atoms with Gasteiger partial charge in [-0.3, -0.25) is 4.79 Å². The lowest BCUT2D eigenvalue weighted by Gasteiger charge is -2.41. The molecular formula is C24H26N2O7. The Hall–Kier alpha value is -3.43. The molecule has 0 amide bonds. The van der Waals surface area contributed by atoms with Crippen molar-refractivity contribution in [3.63, 3.8) is 0 Å². The molecule has 4 rings (SSSR count). The van der Waals surface area contributed by atoms with Gasteiger partial charge in [-0.1, -0.05) is 37.6 Å². The monoisotopic (exact) mass is 454 g/mol. The van der Waals surface area contributed by atoms with E-state index < -0.39 is 24.0 Å². The van der Waals surface area contributed by atoms with Gasteiger partial charge in [0.2, 0.25) is 11.7 Å². The topological polar surface area (TPSA) is 120 Å². The van der Waals surface area contributed by atoms with Gasteiger partial charge >= 0.3 is 11.9 Å². The number of ether oxygens (including phenoxy) is 3. The molecule has 0 radical (unpaired) electrons. The van der Waals surface area contributed by atoms with E-state index in [-0.39, 0.29) is 29.3 Å². The summed E-state index contributed by atoms with van der Waals surface area (Å²) in [6.07, 6.45) is 6.77. The molecule has 2 N–H and O–H groups in total. The zero-order valence-corrected chi connectivity index (χ0v) is 18.3. The molecule has 1 aromatic heterocycles. The van der Waals surface area contributed by atoms with Crippen molar-refractivity contribution in [2.24, 2.45) is 0 Å². The molecule has 1 aliphatic heterocycles. The van der Waals surface area contributed by atoms with Crippen molar-refractivity contribution in [2.75, 3.05) is 0 Å². The molecule has 2 heterocycles. The highest BCUT2D eigenvalue weighted by Crippen LogP contribution is 2.38. The fourth-order valence-electron chi connectivity index (χ4n) is 3.88. The Morgan fingerprint density at radius 3 is 2.67 bits per heavy atom. The lowest BCUT2D eigenvalue weighted by molar-refractivity contribution is -0.305. The van der Waals surface area contributed by atoms with Crippen LogP contribution in [0.15, 0.2) is 48.1 Å². The number of hydrogen-bond donors (Lipinski definition) is 2. The maximum absolute atomic E-state index is 12.5. The summed E-state index contributed by atoms with van der Waals surface area (Å²) in [6, 6.07) is 8.86. The van der Waals surface area contributed by atoms with Crippen LogP contribution in [0, 0.1) is 0 Å². The second kappa shape index (κ2) is 9.60.